The van der Waals surface area contributed by atoms with Gasteiger partial charge in [0.1, 0.15) is 17.9 Å². The van der Waals surface area contributed by atoms with E-state index in [2.05, 4.69) is 33.1 Å². The highest BCUT2D eigenvalue weighted by Gasteiger charge is 2.43. The molecular formula is C21H32N4O2. The van der Waals surface area contributed by atoms with Crippen LogP contribution in [-0.4, -0.2) is 37.1 Å². The molecule has 1 saturated carbocycles. The monoisotopic (exact) mass is 372 g/mol. The molecule has 1 spiro atoms. The van der Waals surface area contributed by atoms with Gasteiger partial charge in [-0.05, 0) is 45.1 Å². The number of nitrogens with zero attached hydrogens (tertiary/aromatic N) is 1. The van der Waals surface area contributed by atoms with Crippen LogP contribution in [0.25, 0.3) is 0 Å². The Bertz CT molecular complexity index is 668. The molecule has 0 radical (unpaired) electrons. The predicted molar refractivity (Wildman–Crippen MR) is 108 cm³/mol. The third-order valence-corrected chi connectivity index (χ3v) is 5.32. The molecule has 6 nitrogen and oxygen atoms in total. The van der Waals surface area contributed by atoms with Crippen molar-refractivity contribution in [1.82, 2.24) is 16.0 Å². The Kier molecular flexibility index (Phi) is 6.58. The summed E-state index contributed by atoms with van der Waals surface area (Å²) in [7, 11) is 0. The molecular weight excluding hydrogens is 340 g/mol. The second-order valence-corrected chi connectivity index (χ2v) is 7.48. The van der Waals surface area contributed by atoms with E-state index in [9.17, 15) is 4.79 Å². The number of carbonyl (C=O) groups is 1. The fourth-order valence-corrected chi connectivity index (χ4v) is 4.03. The zero-order valence-corrected chi connectivity index (χ0v) is 16.5. The maximum Gasteiger partial charge on any atom is 0.241 e. The Morgan fingerprint density at radius 2 is 2.00 bits per heavy atom. The standard InChI is InChI=1S/C21H32N4O2/c1-3-13-23-19(26)15-24-20(22-4-2)25-17-14-21(11-7-8-12-21)27-18-10-6-5-9-16(17)18/h5-6,9-10,17H,3-4,7-8,11-15H2,1-2H3,(H,23,26)(H2,22,24,25). The van der Waals surface area contributed by atoms with Gasteiger partial charge in [0.25, 0.3) is 0 Å². The van der Waals surface area contributed by atoms with Gasteiger partial charge in [0.05, 0.1) is 6.04 Å². The number of rotatable bonds is 6. The van der Waals surface area contributed by atoms with Crippen molar-refractivity contribution < 1.29 is 9.53 Å². The van der Waals surface area contributed by atoms with Crippen molar-refractivity contribution in [2.45, 2.75) is 64.0 Å². The number of guanidine groups is 1. The highest BCUT2D eigenvalue weighted by atomic mass is 16.5. The number of para-hydroxylation sites is 1. The molecule has 1 heterocycles. The average molecular weight is 373 g/mol. The third kappa shape index (κ3) is 4.93. The van der Waals surface area contributed by atoms with Gasteiger partial charge in [-0.15, -0.1) is 0 Å². The van der Waals surface area contributed by atoms with E-state index >= 15 is 0 Å². The van der Waals surface area contributed by atoms with Crippen LogP contribution in [0.3, 0.4) is 0 Å². The number of amides is 1. The molecule has 0 aromatic heterocycles. The zero-order chi connectivity index (χ0) is 19.1. The molecule has 0 saturated heterocycles. The quantitative estimate of drug-likeness (QED) is 0.530. The fraction of sp³-hybridized carbons (Fsp3) is 0.619. The normalized spacial score (nSPS) is 20.7. The van der Waals surface area contributed by atoms with Crippen LogP contribution in [0, 0.1) is 0 Å². The highest BCUT2D eigenvalue weighted by Crippen LogP contribution is 2.46. The Hall–Kier alpha value is -2.24. The van der Waals surface area contributed by atoms with Crippen LogP contribution in [-0.2, 0) is 4.79 Å². The maximum absolute atomic E-state index is 11.9. The number of benzene rings is 1. The van der Waals surface area contributed by atoms with Crippen molar-refractivity contribution in [2.75, 3.05) is 19.6 Å². The van der Waals surface area contributed by atoms with Crippen molar-refractivity contribution in [3.8, 4) is 5.75 Å². The maximum atomic E-state index is 11.9. The highest BCUT2D eigenvalue weighted by molar-refractivity contribution is 5.85. The lowest BCUT2D eigenvalue weighted by Crippen LogP contribution is -2.47. The molecule has 27 heavy (non-hydrogen) atoms. The lowest BCUT2D eigenvalue weighted by molar-refractivity contribution is -0.119. The Morgan fingerprint density at radius 3 is 2.74 bits per heavy atom. The minimum absolute atomic E-state index is 0.0475. The molecule has 3 rings (SSSR count). The summed E-state index contributed by atoms with van der Waals surface area (Å²) >= 11 is 0. The van der Waals surface area contributed by atoms with Crippen LogP contribution in [0.4, 0.5) is 0 Å². The topological polar surface area (TPSA) is 74.8 Å². The smallest absolute Gasteiger partial charge is 0.241 e. The summed E-state index contributed by atoms with van der Waals surface area (Å²) in [6.07, 6.45) is 6.51. The first kappa shape index (κ1) is 19.5. The number of fused-ring (bicyclic) bond motifs is 1. The zero-order valence-electron chi connectivity index (χ0n) is 16.5. The number of hydrogen-bond acceptors (Lipinski definition) is 3. The van der Waals surface area contributed by atoms with E-state index in [4.69, 9.17) is 4.74 Å². The Labute approximate surface area is 162 Å². The van der Waals surface area contributed by atoms with Crippen molar-refractivity contribution in [2.24, 2.45) is 4.99 Å². The van der Waals surface area contributed by atoms with Gasteiger partial charge in [0.2, 0.25) is 5.91 Å². The minimum Gasteiger partial charge on any atom is -0.487 e. The number of ether oxygens (including phenoxy) is 1. The first-order chi connectivity index (χ1) is 13.2. The minimum atomic E-state index is -0.0676. The lowest BCUT2D eigenvalue weighted by atomic mass is 9.86. The number of nitrogens with one attached hydrogen (secondary N) is 3. The molecule has 1 atom stereocenters. The van der Waals surface area contributed by atoms with Crippen LogP contribution in [0.15, 0.2) is 29.3 Å². The van der Waals surface area contributed by atoms with Crippen molar-refractivity contribution in [1.29, 1.82) is 0 Å². The second-order valence-electron chi connectivity index (χ2n) is 7.48. The van der Waals surface area contributed by atoms with E-state index in [1.165, 1.54) is 12.8 Å². The Balaban J connectivity index is 1.75. The molecule has 0 bridgehead atoms. The van der Waals surface area contributed by atoms with Gasteiger partial charge in [-0.3, -0.25) is 4.79 Å². The van der Waals surface area contributed by atoms with Gasteiger partial charge >= 0.3 is 0 Å². The van der Waals surface area contributed by atoms with Crippen molar-refractivity contribution in [3.05, 3.63) is 29.8 Å². The molecule has 1 aliphatic heterocycles. The van der Waals surface area contributed by atoms with Crippen LogP contribution >= 0.6 is 0 Å². The van der Waals surface area contributed by atoms with Gasteiger partial charge in [-0.1, -0.05) is 25.1 Å². The molecule has 6 heteroatoms. The fourth-order valence-electron chi connectivity index (χ4n) is 4.03. The summed E-state index contributed by atoms with van der Waals surface area (Å²) in [6.45, 7) is 5.64. The van der Waals surface area contributed by atoms with E-state index in [1.54, 1.807) is 0 Å². The van der Waals surface area contributed by atoms with E-state index in [0.29, 0.717) is 12.5 Å². The SMILES string of the molecule is CCCNC(=O)CN=C(NCC)NC1CC2(CCCC2)Oc2ccccc21. The summed E-state index contributed by atoms with van der Waals surface area (Å²) in [5, 5.41) is 9.69. The first-order valence-electron chi connectivity index (χ1n) is 10.3. The number of hydrogen-bond donors (Lipinski definition) is 3. The van der Waals surface area contributed by atoms with Gasteiger partial charge in [-0.2, -0.15) is 0 Å². The van der Waals surface area contributed by atoms with Crippen molar-refractivity contribution >= 4 is 11.9 Å². The lowest BCUT2D eigenvalue weighted by Gasteiger charge is -2.40. The van der Waals surface area contributed by atoms with E-state index in [1.807, 2.05) is 26.0 Å². The first-order valence-corrected chi connectivity index (χ1v) is 10.3. The number of carbonyl (C=O) groups excluding carboxylic acids is 1. The molecule has 1 unspecified atom stereocenters. The average Bonchev–Trinajstić information content (AvgIpc) is 3.12. The molecule has 1 aromatic rings. The van der Waals surface area contributed by atoms with E-state index in [-0.39, 0.29) is 24.1 Å². The molecule has 3 N–H and O–H groups in total. The van der Waals surface area contributed by atoms with Gasteiger partial charge in [0.15, 0.2) is 5.96 Å². The van der Waals surface area contributed by atoms with Crippen LogP contribution in [0.2, 0.25) is 0 Å². The molecule has 1 fully saturated rings. The van der Waals surface area contributed by atoms with Crippen LogP contribution < -0.4 is 20.7 Å². The molecule has 148 valence electrons. The van der Waals surface area contributed by atoms with Crippen molar-refractivity contribution in [3.63, 3.8) is 0 Å². The molecule has 1 aliphatic carbocycles. The van der Waals surface area contributed by atoms with E-state index in [0.717, 1.165) is 43.5 Å². The van der Waals surface area contributed by atoms with E-state index < -0.39 is 0 Å². The number of aliphatic imine (C=N–C) groups is 1. The summed E-state index contributed by atoms with van der Waals surface area (Å²) in [5.41, 5.74) is 1.10. The summed E-state index contributed by atoms with van der Waals surface area (Å²) in [4.78, 5) is 16.4. The van der Waals surface area contributed by atoms with Crippen LogP contribution in [0.1, 0.15) is 64.0 Å². The van der Waals surface area contributed by atoms with Gasteiger partial charge in [-0.25, -0.2) is 4.99 Å². The summed E-state index contributed by atoms with van der Waals surface area (Å²) in [6, 6.07) is 8.38. The predicted octanol–water partition coefficient (Wildman–Crippen LogP) is 2.90. The Morgan fingerprint density at radius 1 is 1.22 bits per heavy atom. The largest absolute Gasteiger partial charge is 0.487 e. The second kappa shape index (κ2) is 9.11. The molecule has 1 amide bonds. The van der Waals surface area contributed by atoms with Crippen LogP contribution in [0.5, 0.6) is 5.75 Å². The van der Waals surface area contributed by atoms with Gasteiger partial charge < -0.3 is 20.7 Å². The summed E-state index contributed by atoms with van der Waals surface area (Å²) < 4.78 is 6.43. The third-order valence-electron chi connectivity index (χ3n) is 5.32. The molecule has 1 aromatic carbocycles. The van der Waals surface area contributed by atoms with Gasteiger partial charge in [0, 0.05) is 25.1 Å². The molecule has 2 aliphatic rings. The summed E-state index contributed by atoms with van der Waals surface area (Å²) in [5.74, 6) is 1.60.